The standard InChI is InChI=1S/C22H23N3O3/c1-15-22(16(2)25(24-15)18-8-6-5-7-9-18)23-21(26)13-10-17-14-19(27-3)11-12-20(17)28-4/h5-14H,1-4H3,(H,23,26)/b13-10+. The second-order valence-electron chi connectivity index (χ2n) is 6.22. The van der Waals surface area contributed by atoms with Crippen LogP contribution in [0.5, 0.6) is 11.5 Å². The topological polar surface area (TPSA) is 65.4 Å². The monoisotopic (exact) mass is 377 g/mol. The summed E-state index contributed by atoms with van der Waals surface area (Å²) in [5.74, 6) is 1.11. The highest BCUT2D eigenvalue weighted by molar-refractivity contribution is 6.02. The summed E-state index contributed by atoms with van der Waals surface area (Å²) >= 11 is 0. The Balaban J connectivity index is 1.81. The van der Waals surface area contributed by atoms with Crippen LogP contribution in [-0.4, -0.2) is 29.9 Å². The number of rotatable bonds is 6. The molecule has 0 fully saturated rings. The van der Waals surface area contributed by atoms with E-state index < -0.39 is 0 Å². The average molecular weight is 377 g/mol. The summed E-state index contributed by atoms with van der Waals surface area (Å²) in [5.41, 5.74) is 4.02. The molecule has 2 aromatic carbocycles. The number of carbonyl (C=O) groups is 1. The van der Waals surface area contributed by atoms with Crippen LogP contribution in [0.15, 0.2) is 54.6 Å². The molecule has 0 saturated carbocycles. The summed E-state index contributed by atoms with van der Waals surface area (Å²) < 4.78 is 12.4. The van der Waals surface area contributed by atoms with Crippen molar-refractivity contribution in [2.45, 2.75) is 13.8 Å². The van der Waals surface area contributed by atoms with Crippen LogP contribution < -0.4 is 14.8 Å². The lowest BCUT2D eigenvalue weighted by Gasteiger charge is -2.07. The highest BCUT2D eigenvalue weighted by Crippen LogP contribution is 2.26. The molecule has 0 spiro atoms. The molecule has 1 N–H and O–H groups in total. The van der Waals surface area contributed by atoms with Crippen molar-refractivity contribution in [3.05, 3.63) is 71.6 Å². The lowest BCUT2D eigenvalue weighted by molar-refractivity contribution is -0.111. The first-order valence-electron chi connectivity index (χ1n) is 8.86. The predicted octanol–water partition coefficient (Wildman–Crippen LogP) is 4.16. The lowest BCUT2D eigenvalue weighted by atomic mass is 10.1. The van der Waals surface area contributed by atoms with Gasteiger partial charge in [0.25, 0.3) is 0 Å². The lowest BCUT2D eigenvalue weighted by Crippen LogP contribution is -2.09. The quantitative estimate of drug-likeness (QED) is 0.655. The molecule has 0 saturated heterocycles. The van der Waals surface area contributed by atoms with Gasteiger partial charge in [0.2, 0.25) is 5.91 Å². The van der Waals surface area contributed by atoms with Gasteiger partial charge in [0, 0.05) is 11.6 Å². The number of para-hydroxylation sites is 1. The van der Waals surface area contributed by atoms with E-state index in [1.165, 1.54) is 6.08 Å². The molecule has 3 aromatic rings. The van der Waals surface area contributed by atoms with E-state index in [9.17, 15) is 4.79 Å². The van der Waals surface area contributed by atoms with E-state index in [4.69, 9.17) is 9.47 Å². The zero-order valence-electron chi connectivity index (χ0n) is 16.4. The van der Waals surface area contributed by atoms with Crippen molar-refractivity contribution in [3.63, 3.8) is 0 Å². The molecule has 0 aliphatic carbocycles. The number of anilines is 1. The van der Waals surface area contributed by atoms with Crippen LogP contribution in [0.2, 0.25) is 0 Å². The minimum absolute atomic E-state index is 0.247. The van der Waals surface area contributed by atoms with Gasteiger partial charge in [-0.25, -0.2) is 4.68 Å². The third kappa shape index (κ3) is 4.06. The first-order valence-corrected chi connectivity index (χ1v) is 8.86. The van der Waals surface area contributed by atoms with Gasteiger partial charge in [0.05, 0.1) is 37.0 Å². The zero-order valence-corrected chi connectivity index (χ0v) is 16.4. The van der Waals surface area contributed by atoms with Crippen molar-refractivity contribution in [2.75, 3.05) is 19.5 Å². The average Bonchev–Trinajstić information content (AvgIpc) is 3.00. The molecule has 3 rings (SSSR count). The van der Waals surface area contributed by atoms with Gasteiger partial charge >= 0.3 is 0 Å². The van der Waals surface area contributed by atoms with E-state index in [0.717, 1.165) is 22.6 Å². The van der Waals surface area contributed by atoms with Crippen LogP contribution in [0.4, 0.5) is 5.69 Å². The molecule has 6 heteroatoms. The molecule has 0 radical (unpaired) electrons. The molecule has 1 aromatic heterocycles. The van der Waals surface area contributed by atoms with Crippen LogP contribution in [0.3, 0.4) is 0 Å². The van der Waals surface area contributed by atoms with Gasteiger partial charge in [-0.2, -0.15) is 5.10 Å². The third-order valence-electron chi connectivity index (χ3n) is 4.39. The molecular formula is C22H23N3O3. The van der Waals surface area contributed by atoms with Crippen molar-refractivity contribution in [1.29, 1.82) is 0 Å². The van der Waals surface area contributed by atoms with Crippen LogP contribution in [-0.2, 0) is 4.79 Å². The number of hydrogen-bond donors (Lipinski definition) is 1. The summed E-state index contributed by atoms with van der Waals surface area (Å²) in [7, 11) is 3.18. The van der Waals surface area contributed by atoms with E-state index in [2.05, 4.69) is 10.4 Å². The Morgan fingerprint density at radius 2 is 1.82 bits per heavy atom. The molecule has 1 heterocycles. The molecule has 0 bridgehead atoms. The molecule has 0 aliphatic rings. The minimum atomic E-state index is -0.247. The molecule has 0 aliphatic heterocycles. The second kappa shape index (κ2) is 8.43. The maximum absolute atomic E-state index is 12.5. The van der Waals surface area contributed by atoms with Crippen LogP contribution in [0, 0.1) is 13.8 Å². The number of nitrogens with one attached hydrogen (secondary N) is 1. The summed E-state index contributed by atoms with van der Waals surface area (Å²) in [4.78, 5) is 12.5. The van der Waals surface area contributed by atoms with E-state index in [1.807, 2.05) is 54.9 Å². The van der Waals surface area contributed by atoms with Gasteiger partial charge in [0.15, 0.2) is 0 Å². The van der Waals surface area contributed by atoms with Crippen molar-refractivity contribution < 1.29 is 14.3 Å². The molecular weight excluding hydrogens is 354 g/mol. The molecule has 0 unspecified atom stereocenters. The van der Waals surface area contributed by atoms with Crippen LogP contribution in [0.25, 0.3) is 11.8 Å². The number of methoxy groups -OCH3 is 2. The van der Waals surface area contributed by atoms with Gasteiger partial charge in [-0.1, -0.05) is 18.2 Å². The Morgan fingerprint density at radius 1 is 1.07 bits per heavy atom. The fraction of sp³-hybridized carbons (Fsp3) is 0.182. The molecule has 144 valence electrons. The molecule has 28 heavy (non-hydrogen) atoms. The smallest absolute Gasteiger partial charge is 0.248 e. The SMILES string of the molecule is COc1ccc(OC)c(/C=C/C(=O)Nc2c(C)nn(-c3ccccc3)c2C)c1. The van der Waals surface area contributed by atoms with Crippen LogP contribution >= 0.6 is 0 Å². The Labute approximate surface area is 164 Å². The van der Waals surface area contributed by atoms with Crippen molar-refractivity contribution >= 4 is 17.7 Å². The van der Waals surface area contributed by atoms with Crippen molar-refractivity contribution in [1.82, 2.24) is 9.78 Å². The fourth-order valence-corrected chi connectivity index (χ4v) is 2.94. The molecule has 6 nitrogen and oxygen atoms in total. The molecule has 0 atom stereocenters. The normalized spacial score (nSPS) is 10.9. The van der Waals surface area contributed by atoms with E-state index in [-0.39, 0.29) is 5.91 Å². The van der Waals surface area contributed by atoms with E-state index in [0.29, 0.717) is 17.2 Å². The Kier molecular flexibility index (Phi) is 5.79. The number of carbonyl (C=O) groups excluding carboxylic acids is 1. The Bertz CT molecular complexity index is 1010. The number of aryl methyl sites for hydroxylation is 1. The zero-order chi connectivity index (χ0) is 20.1. The number of nitrogens with zero attached hydrogens (tertiary/aromatic N) is 2. The maximum Gasteiger partial charge on any atom is 0.248 e. The van der Waals surface area contributed by atoms with Crippen molar-refractivity contribution in [2.24, 2.45) is 0 Å². The van der Waals surface area contributed by atoms with Gasteiger partial charge in [0.1, 0.15) is 11.5 Å². The Hall–Kier alpha value is -3.54. The minimum Gasteiger partial charge on any atom is -0.497 e. The highest BCUT2D eigenvalue weighted by Gasteiger charge is 2.14. The number of aromatic nitrogens is 2. The van der Waals surface area contributed by atoms with E-state index >= 15 is 0 Å². The fourth-order valence-electron chi connectivity index (χ4n) is 2.94. The first-order chi connectivity index (χ1) is 13.5. The van der Waals surface area contributed by atoms with Gasteiger partial charge in [-0.3, -0.25) is 4.79 Å². The Morgan fingerprint density at radius 3 is 2.50 bits per heavy atom. The number of hydrogen-bond acceptors (Lipinski definition) is 4. The third-order valence-corrected chi connectivity index (χ3v) is 4.39. The van der Waals surface area contributed by atoms with Crippen molar-refractivity contribution in [3.8, 4) is 17.2 Å². The van der Waals surface area contributed by atoms with E-state index in [1.54, 1.807) is 32.4 Å². The highest BCUT2D eigenvalue weighted by atomic mass is 16.5. The summed E-state index contributed by atoms with van der Waals surface area (Å²) in [6, 6.07) is 15.2. The first kappa shape index (κ1) is 19.2. The maximum atomic E-state index is 12.5. The largest absolute Gasteiger partial charge is 0.497 e. The summed E-state index contributed by atoms with van der Waals surface area (Å²) in [5, 5.41) is 7.47. The van der Waals surface area contributed by atoms with Gasteiger partial charge in [-0.05, 0) is 50.3 Å². The summed E-state index contributed by atoms with van der Waals surface area (Å²) in [6.45, 7) is 3.80. The van der Waals surface area contributed by atoms with Gasteiger partial charge < -0.3 is 14.8 Å². The molecule has 1 amide bonds. The van der Waals surface area contributed by atoms with Gasteiger partial charge in [-0.15, -0.1) is 0 Å². The predicted molar refractivity (Wildman–Crippen MR) is 110 cm³/mol. The second-order valence-corrected chi connectivity index (χ2v) is 6.22. The number of amides is 1. The number of benzene rings is 2. The summed E-state index contributed by atoms with van der Waals surface area (Å²) in [6.07, 6.45) is 3.17. The van der Waals surface area contributed by atoms with Crippen LogP contribution in [0.1, 0.15) is 17.0 Å². The number of ether oxygens (including phenoxy) is 2.